The highest BCUT2D eigenvalue weighted by Crippen LogP contribution is 2.29. The van der Waals surface area contributed by atoms with Gasteiger partial charge in [0.25, 0.3) is 0 Å². The van der Waals surface area contributed by atoms with E-state index in [0.717, 1.165) is 23.4 Å². The molecule has 0 unspecified atom stereocenters. The van der Waals surface area contributed by atoms with Crippen molar-refractivity contribution >= 4 is 17.2 Å². The van der Waals surface area contributed by atoms with Crippen LogP contribution in [0.2, 0.25) is 0 Å². The summed E-state index contributed by atoms with van der Waals surface area (Å²) in [6, 6.07) is 6.20. The van der Waals surface area contributed by atoms with E-state index in [2.05, 4.69) is 15.2 Å². The number of carbonyl (C=O) groups excluding carboxylic acids is 1. The van der Waals surface area contributed by atoms with E-state index in [1.165, 1.54) is 12.1 Å². The second-order valence-electron chi connectivity index (χ2n) is 8.10. The first kappa shape index (κ1) is 22.3. The maximum Gasteiger partial charge on any atom is 0.222 e. The van der Waals surface area contributed by atoms with Gasteiger partial charge in [-0.05, 0) is 30.5 Å². The molecule has 0 spiro atoms. The Bertz CT molecular complexity index is 836. The molecule has 168 valence electrons. The third-order valence-electron chi connectivity index (χ3n) is 5.73. The minimum Gasteiger partial charge on any atom is -0.389 e. The van der Waals surface area contributed by atoms with Gasteiger partial charge in [-0.2, -0.15) is 0 Å². The zero-order chi connectivity index (χ0) is 21.6. The number of hydrogen-bond donors (Lipinski definition) is 2. The van der Waals surface area contributed by atoms with Crippen molar-refractivity contribution in [2.75, 3.05) is 19.8 Å². The van der Waals surface area contributed by atoms with Crippen molar-refractivity contribution in [1.82, 2.24) is 15.2 Å². The van der Waals surface area contributed by atoms with Crippen LogP contribution in [0.15, 0.2) is 35.8 Å². The average Bonchev–Trinajstić information content (AvgIpc) is 3.25. The summed E-state index contributed by atoms with van der Waals surface area (Å²) in [5, 5.41) is 16.1. The van der Waals surface area contributed by atoms with E-state index in [-0.39, 0.29) is 43.0 Å². The summed E-state index contributed by atoms with van der Waals surface area (Å²) >= 11 is 1.60. The number of benzene rings is 1. The molecule has 2 N–H and O–H groups in total. The summed E-state index contributed by atoms with van der Waals surface area (Å²) < 4.78 is 24.9. The lowest BCUT2D eigenvalue weighted by atomic mass is 9.94. The lowest BCUT2D eigenvalue weighted by molar-refractivity contribution is -0.158. The summed E-state index contributed by atoms with van der Waals surface area (Å²) in [5.74, 6) is -0.382. The number of amides is 1. The molecule has 2 saturated heterocycles. The van der Waals surface area contributed by atoms with Gasteiger partial charge < -0.3 is 19.9 Å². The van der Waals surface area contributed by atoms with Gasteiger partial charge in [0.2, 0.25) is 5.91 Å². The molecule has 1 aromatic heterocycles. The molecule has 1 aromatic carbocycles. The molecular weight excluding hydrogens is 421 g/mol. The number of β-amino-alcohol motifs (C(OH)–C–C–N with tert-alkyl or cyclic N) is 1. The van der Waals surface area contributed by atoms with Crippen molar-refractivity contribution in [3.8, 4) is 0 Å². The van der Waals surface area contributed by atoms with Gasteiger partial charge in [0, 0.05) is 30.7 Å². The van der Waals surface area contributed by atoms with Crippen molar-refractivity contribution in [3.05, 3.63) is 52.2 Å². The van der Waals surface area contributed by atoms with Gasteiger partial charge in [0.05, 0.1) is 44.5 Å². The van der Waals surface area contributed by atoms with Gasteiger partial charge in [0.1, 0.15) is 10.8 Å². The van der Waals surface area contributed by atoms with Gasteiger partial charge in [-0.3, -0.25) is 9.69 Å². The van der Waals surface area contributed by atoms with Crippen molar-refractivity contribution in [2.45, 2.75) is 56.7 Å². The van der Waals surface area contributed by atoms with Crippen LogP contribution in [0.3, 0.4) is 0 Å². The fourth-order valence-electron chi connectivity index (χ4n) is 4.21. The Hall–Kier alpha value is -1.91. The lowest BCUT2D eigenvalue weighted by Crippen LogP contribution is -2.55. The van der Waals surface area contributed by atoms with Crippen LogP contribution in [0.25, 0.3) is 0 Å². The van der Waals surface area contributed by atoms with E-state index in [1.807, 2.05) is 5.38 Å². The van der Waals surface area contributed by atoms with E-state index < -0.39 is 6.10 Å². The smallest absolute Gasteiger partial charge is 0.222 e. The number of rotatable bonds is 6. The highest BCUT2D eigenvalue weighted by Gasteiger charge is 2.38. The number of nitrogens with zero attached hydrogens (tertiary/aromatic N) is 2. The summed E-state index contributed by atoms with van der Waals surface area (Å²) in [6.07, 6.45) is 2.81. The first-order valence-electron chi connectivity index (χ1n) is 10.6. The Morgan fingerprint density at radius 3 is 2.90 bits per heavy atom. The van der Waals surface area contributed by atoms with Gasteiger partial charge in [0.15, 0.2) is 0 Å². The van der Waals surface area contributed by atoms with Crippen LogP contribution in [-0.2, 0) is 27.4 Å². The number of carbonyl (C=O) groups is 1. The Kier molecular flexibility index (Phi) is 7.62. The number of aromatic nitrogens is 1. The Morgan fingerprint density at radius 2 is 2.13 bits per heavy atom. The van der Waals surface area contributed by atoms with Crippen LogP contribution in [0.5, 0.6) is 0 Å². The molecule has 0 radical (unpaired) electrons. The molecule has 4 atom stereocenters. The first-order valence-corrected chi connectivity index (χ1v) is 11.5. The predicted molar refractivity (Wildman–Crippen MR) is 114 cm³/mol. The first-order chi connectivity index (χ1) is 15.1. The highest BCUT2D eigenvalue weighted by atomic mass is 32.1. The largest absolute Gasteiger partial charge is 0.389 e. The average molecular weight is 450 g/mol. The normalized spacial score (nSPS) is 27.2. The second-order valence-corrected chi connectivity index (χ2v) is 9.07. The van der Waals surface area contributed by atoms with Crippen LogP contribution in [0, 0.1) is 5.82 Å². The van der Waals surface area contributed by atoms with Crippen LogP contribution in [-0.4, -0.2) is 65.0 Å². The maximum absolute atomic E-state index is 13.0. The monoisotopic (exact) mass is 449 g/mol. The zero-order valence-corrected chi connectivity index (χ0v) is 18.1. The zero-order valence-electron chi connectivity index (χ0n) is 17.3. The lowest BCUT2D eigenvalue weighted by Gasteiger charge is -2.44. The third kappa shape index (κ3) is 6.30. The van der Waals surface area contributed by atoms with Crippen molar-refractivity contribution in [1.29, 1.82) is 0 Å². The van der Waals surface area contributed by atoms with E-state index in [1.54, 1.807) is 29.7 Å². The van der Waals surface area contributed by atoms with Crippen molar-refractivity contribution in [2.24, 2.45) is 0 Å². The van der Waals surface area contributed by atoms with Gasteiger partial charge >= 0.3 is 0 Å². The Balaban J connectivity index is 1.31. The fourth-order valence-corrected chi connectivity index (χ4v) is 4.86. The van der Waals surface area contributed by atoms with Crippen molar-refractivity contribution in [3.63, 3.8) is 0 Å². The number of nitrogens with one attached hydrogen (secondary N) is 1. The molecule has 3 heterocycles. The number of hydrogen-bond acceptors (Lipinski definition) is 7. The van der Waals surface area contributed by atoms with Gasteiger partial charge in [-0.25, -0.2) is 9.37 Å². The highest BCUT2D eigenvalue weighted by molar-refractivity contribution is 7.09. The Labute approximate surface area is 185 Å². The quantitative estimate of drug-likeness (QED) is 0.703. The Morgan fingerprint density at radius 1 is 1.29 bits per heavy atom. The predicted octanol–water partition coefficient (Wildman–Crippen LogP) is 2.10. The number of fused-ring (bicyclic) bond motifs is 1. The molecule has 2 aromatic rings. The molecule has 0 saturated carbocycles. The molecule has 7 nitrogen and oxygen atoms in total. The second kappa shape index (κ2) is 10.6. The topological polar surface area (TPSA) is 83.9 Å². The molecule has 2 fully saturated rings. The van der Waals surface area contributed by atoms with Crippen LogP contribution in [0.4, 0.5) is 4.39 Å². The molecule has 2 aliphatic rings. The number of halogens is 1. The minimum absolute atomic E-state index is 0.0883. The summed E-state index contributed by atoms with van der Waals surface area (Å²) in [6.45, 7) is 2.20. The maximum atomic E-state index is 13.0. The fraction of sp³-hybridized carbons (Fsp3) is 0.545. The van der Waals surface area contributed by atoms with Gasteiger partial charge in [-0.1, -0.05) is 12.1 Å². The van der Waals surface area contributed by atoms with E-state index in [4.69, 9.17) is 9.47 Å². The van der Waals surface area contributed by atoms with E-state index in [0.29, 0.717) is 26.2 Å². The molecule has 4 rings (SSSR count). The SMILES string of the molecule is O=C(C[C@@H]1CC[C@H]2[C@@H](COC[C@@H](O)CN2Cc2nccs2)O1)NCc1ccc(F)cc1. The summed E-state index contributed by atoms with van der Waals surface area (Å²) in [7, 11) is 0. The number of ether oxygens (including phenoxy) is 2. The number of thiazole rings is 1. The molecule has 9 heteroatoms. The molecule has 2 aliphatic heterocycles. The van der Waals surface area contributed by atoms with E-state index >= 15 is 0 Å². The molecule has 0 aliphatic carbocycles. The molecule has 31 heavy (non-hydrogen) atoms. The van der Waals surface area contributed by atoms with E-state index in [9.17, 15) is 14.3 Å². The molecule has 1 amide bonds. The van der Waals surface area contributed by atoms with Crippen LogP contribution < -0.4 is 5.32 Å². The summed E-state index contributed by atoms with van der Waals surface area (Å²) in [4.78, 5) is 19.0. The number of aliphatic hydroxyl groups is 1. The number of aliphatic hydroxyl groups excluding tert-OH is 1. The minimum atomic E-state index is -0.545. The standard InChI is InChI=1S/C22H28FN3O4S/c23-16-3-1-15(2-4-16)10-25-21(28)9-18-5-6-19-20(30-18)14-29-13-17(27)11-26(19)12-22-24-7-8-31-22/h1-4,7-8,17-20,27H,5-6,9-14H2,(H,25,28)/t17-,18-,19-,20+/m0/s1. The summed E-state index contributed by atoms with van der Waals surface area (Å²) in [5.41, 5.74) is 0.851. The van der Waals surface area contributed by atoms with Crippen molar-refractivity contribution < 1.29 is 23.8 Å². The van der Waals surface area contributed by atoms with Gasteiger partial charge in [-0.15, -0.1) is 11.3 Å². The van der Waals surface area contributed by atoms with Crippen LogP contribution >= 0.6 is 11.3 Å². The molecular formula is C22H28FN3O4S. The third-order valence-corrected chi connectivity index (χ3v) is 6.49. The molecule has 0 bridgehead atoms. The van der Waals surface area contributed by atoms with Crippen LogP contribution in [0.1, 0.15) is 29.8 Å².